The van der Waals surface area contributed by atoms with Gasteiger partial charge in [0.2, 0.25) is 5.28 Å². The number of nitrogens with one attached hydrogen (secondary N) is 1. The second-order valence-corrected chi connectivity index (χ2v) is 4.43. The molecule has 0 atom stereocenters. The van der Waals surface area contributed by atoms with Crippen molar-refractivity contribution in [3.8, 4) is 11.5 Å². The average Bonchev–Trinajstić information content (AvgIpc) is 2.54. The maximum Gasteiger partial charge on any atom is 0.343 e. The highest BCUT2D eigenvalue weighted by Crippen LogP contribution is 2.31. The molecular formula is C14H14ClN3O4. The van der Waals surface area contributed by atoms with Crippen molar-refractivity contribution < 1.29 is 19.0 Å². The summed E-state index contributed by atoms with van der Waals surface area (Å²) in [6, 6.07) is 5.18. The third-order valence-corrected chi connectivity index (χ3v) is 2.99. The zero-order valence-corrected chi connectivity index (χ0v) is 13.0. The summed E-state index contributed by atoms with van der Waals surface area (Å²) < 4.78 is 15.1. The fraction of sp³-hybridized carbons (Fsp3) is 0.214. The molecule has 0 saturated heterocycles. The number of halogens is 1. The number of nitrogens with zero attached hydrogens (tertiary/aromatic N) is 2. The number of carbonyl (C=O) groups is 1. The fourth-order valence-electron chi connectivity index (χ4n) is 1.77. The molecule has 0 unspecified atom stereocenters. The SMILES string of the molecule is COC(=O)c1cnc(Cl)nc1Nc1ccc(OC)c(OC)c1. The van der Waals surface area contributed by atoms with Gasteiger partial charge in [0, 0.05) is 18.0 Å². The zero-order valence-electron chi connectivity index (χ0n) is 12.2. The molecule has 1 heterocycles. The van der Waals surface area contributed by atoms with E-state index in [-0.39, 0.29) is 16.7 Å². The van der Waals surface area contributed by atoms with E-state index in [0.717, 1.165) is 0 Å². The molecule has 1 aromatic heterocycles. The van der Waals surface area contributed by atoms with Crippen molar-refractivity contribution in [2.75, 3.05) is 26.6 Å². The summed E-state index contributed by atoms with van der Waals surface area (Å²) in [5, 5.41) is 2.99. The Morgan fingerprint density at radius 3 is 2.55 bits per heavy atom. The summed E-state index contributed by atoms with van der Waals surface area (Å²) in [6.07, 6.45) is 1.30. The lowest BCUT2D eigenvalue weighted by Gasteiger charge is -2.12. The molecule has 0 bridgehead atoms. The van der Waals surface area contributed by atoms with Crippen molar-refractivity contribution in [1.82, 2.24) is 9.97 Å². The quantitative estimate of drug-likeness (QED) is 0.669. The lowest BCUT2D eigenvalue weighted by Crippen LogP contribution is -2.08. The molecule has 7 nitrogen and oxygen atoms in total. The summed E-state index contributed by atoms with van der Waals surface area (Å²) in [4.78, 5) is 19.5. The number of ether oxygens (including phenoxy) is 3. The number of benzene rings is 1. The fourth-order valence-corrected chi connectivity index (χ4v) is 1.90. The maximum atomic E-state index is 11.7. The molecule has 1 aromatic carbocycles. The minimum atomic E-state index is -0.570. The van der Waals surface area contributed by atoms with Crippen molar-refractivity contribution >= 4 is 29.1 Å². The van der Waals surface area contributed by atoms with Crippen molar-refractivity contribution in [3.63, 3.8) is 0 Å². The molecule has 0 amide bonds. The lowest BCUT2D eigenvalue weighted by atomic mass is 10.2. The van der Waals surface area contributed by atoms with Gasteiger partial charge in [-0.2, -0.15) is 4.98 Å². The van der Waals surface area contributed by atoms with Crippen molar-refractivity contribution in [1.29, 1.82) is 0 Å². The largest absolute Gasteiger partial charge is 0.493 e. The van der Waals surface area contributed by atoms with Crippen molar-refractivity contribution in [2.45, 2.75) is 0 Å². The monoisotopic (exact) mass is 323 g/mol. The molecule has 116 valence electrons. The van der Waals surface area contributed by atoms with E-state index in [0.29, 0.717) is 17.2 Å². The van der Waals surface area contributed by atoms with Gasteiger partial charge >= 0.3 is 5.97 Å². The molecule has 0 aliphatic heterocycles. The summed E-state index contributed by atoms with van der Waals surface area (Å²) in [5.41, 5.74) is 0.805. The van der Waals surface area contributed by atoms with E-state index in [1.165, 1.54) is 20.4 Å². The standard InChI is InChI=1S/C14H14ClN3O4/c1-20-10-5-4-8(6-11(10)21-2)17-12-9(13(19)22-3)7-16-14(15)18-12/h4-7H,1-3H3,(H,16,17,18). The van der Waals surface area contributed by atoms with E-state index in [9.17, 15) is 4.79 Å². The molecule has 8 heteroatoms. The molecule has 0 saturated carbocycles. The Balaban J connectivity index is 2.38. The minimum absolute atomic E-state index is 0.00984. The van der Waals surface area contributed by atoms with Crippen LogP contribution >= 0.6 is 11.6 Å². The highest BCUT2D eigenvalue weighted by Gasteiger charge is 2.15. The van der Waals surface area contributed by atoms with Gasteiger partial charge in [0.25, 0.3) is 0 Å². The van der Waals surface area contributed by atoms with Gasteiger partial charge in [-0.05, 0) is 23.7 Å². The summed E-state index contributed by atoms with van der Waals surface area (Å²) >= 11 is 5.78. The summed E-state index contributed by atoms with van der Waals surface area (Å²) in [5.74, 6) is 0.785. The summed E-state index contributed by atoms with van der Waals surface area (Å²) in [7, 11) is 4.35. The van der Waals surface area contributed by atoms with E-state index in [2.05, 4.69) is 20.0 Å². The first-order valence-electron chi connectivity index (χ1n) is 6.19. The van der Waals surface area contributed by atoms with E-state index in [1.54, 1.807) is 25.3 Å². The summed E-state index contributed by atoms with van der Waals surface area (Å²) in [6.45, 7) is 0. The molecule has 2 rings (SSSR count). The molecule has 0 spiro atoms. The number of carbonyl (C=O) groups excluding carboxylic acids is 1. The van der Waals surface area contributed by atoms with E-state index >= 15 is 0 Å². The van der Waals surface area contributed by atoms with Gasteiger partial charge in [0.15, 0.2) is 11.5 Å². The topological polar surface area (TPSA) is 82.6 Å². The second kappa shape index (κ2) is 6.95. The molecule has 0 aliphatic carbocycles. The van der Waals surface area contributed by atoms with E-state index < -0.39 is 5.97 Å². The number of methoxy groups -OCH3 is 3. The third-order valence-electron chi connectivity index (χ3n) is 2.81. The second-order valence-electron chi connectivity index (χ2n) is 4.09. The molecular weight excluding hydrogens is 310 g/mol. The van der Waals surface area contributed by atoms with Crippen LogP contribution in [0.4, 0.5) is 11.5 Å². The van der Waals surface area contributed by atoms with Gasteiger partial charge in [-0.25, -0.2) is 9.78 Å². The number of anilines is 2. The lowest BCUT2D eigenvalue weighted by molar-refractivity contribution is 0.0601. The van der Waals surface area contributed by atoms with Crippen LogP contribution in [0.2, 0.25) is 5.28 Å². The maximum absolute atomic E-state index is 11.7. The zero-order chi connectivity index (χ0) is 16.1. The van der Waals surface area contributed by atoms with Gasteiger partial charge in [-0.15, -0.1) is 0 Å². The normalized spacial score (nSPS) is 10.0. The third kappa shape index (κ3) is 3.37. The molecule has 1 N–H and O–H groups in total. The van der Waals surface area contributed by atoms with Crippen LogP contribution in [-0.4, -0.2) is 37.3 Å². The van der Waals surface area contributed by atoms with Crippen LogP contribution in [0.3, 0.4) is 0 Å². The molecule has 0 aliphatic rings. The number of hydrogen-bond donors (Lipinski definition) is 1. The Hall–Kier alpha value is -2.54. The highest BCUT2D eigenvalue weighted by atomic mass is 35.5. The molecule has 0 radical (unpaired) electrons. The number of rotatable bonds is 5. The smallest absolute Gasteiger partial charge is 0.343 e. The van der Waals surface area contributed by atoms with Crippen LogP contribution in [0.5, 0.6) is 11.5 Å². The predicted octanol–water partition coefficient (Wildman–Crippen LogP) is 2.68. The van der Waals surface area contributed by atoms with Crippen LogP contribution in [0.1, 0.15) is 10.4 Å². The van der Waals surface area contributed by atoms with Crippen LogP contribution in [-0.2, 0) is 4.74 Å². The van der Waals surface area contributed by atoms with Gasteiger partial charge < -0.3 is 19.5 Å². The Bertz CT molecular complexity index is 694. The van der Waals surface area contributed by atoms with Crippen LogP contribution in [0.15, 0.2) is 24.4 Å². The van der Waals surface area contributed by atoms with Crippen molar-refractivity contribution in [3.05, 3.63) is 35.2 Å². The van der Waals surface area contributed by atoms with Crippen molar-refractivity contribution in [2.24, 2.45) is 0 Å². The Kier molecular flexibility index (Phi) is 5.00. The minimum Gasteiger partial charge on any atom is -0.493 e. The Morgan fingerprint density at radius 2 is 1.91 bits per heavy atom. The Morgan fingerprint density at radius 1 is 1.18 bits per heavy atom. The number of aromatic nitrogens is 2. The average molecular weight is 324 g/mol. The first-order valence-corrected chi connectivity index (χ1v) is 6.56. The molecule has 22 heavy (non-hydrogen) atoms. The molecule has 0 fully saturated rings. The first kappa shape index (κ1) is 15.8. The number of esters is 1. The predicted molar refractivity (Wildman–Crippen MR) is 81.2 cm³/mol. The number of hydrogen-bond acceptors (Lipinski definition) is 7. The van der Waals surface area contributed by atoms with Crippen LogP contribution < -0.4 is 14.8 Å². The highest BCUT2D eigenvalue weighted by molar-refractivity contribution is 6.28. The van der Waals surface area contributed by atoms with Gasteiger partial charge in [0.1, 0.15) is 11.4 Å². The Labute approximate surface area is 132 Å². The van der Waals surface area contributed by atoms with Crippen LogP contribution in [0, 0.1) is 0 Å². The van der Waals surface area contributed by atoms with Gasteiger partial charge in [-0.1, -0.05) is 0 Å². The van der Waals surface area contributed by atoms with Gasteiger partial charge in [0.05, 0.1) is 21.3 Å². The van der Waals surface area contributed by atoms with E-state index in [1.807, 2.05) is 0 Å². The van der Waals surface area contributed by atoms with E-state index in [4.69, 9.17) is 21.1 Å². The molecule has 2 aromatic rings. The first-order chi connectivity index (χ1) is 10.6. The van der Waals surface area contributed by atoms with Crippen LogP contribution in [0.25, 0.3) is 0 Å². The van der Waals surface area contributed by atoms with Gasteiger partial charge in [-0.3, -0.25) is 0 Å².